The smallest absolute Gasteiger partial charge is 0.339 e. The zero-order valence-electron chi connectivity index (χ0n) is 13.0. The number of hydrogen-bond acceptors (Lipinski definition) is 3. The van der Waals surface area contributed by atoms with Gasteiger partial charge in [0.05, 0.1) is 0 Å². The van der Waals surface area contributed by atoms with Gasteiger partial charge >= 0.3 is 11.9 Å². The molecule has 0 unspecified atom stereocenters. The van der Waals surface area contributed by atoms with Crippen LogP contribution in [-0.2, 0) is 12.8 Å². The van der Waals surface area contributed by atoms with Crippen LogP contribution in [0.15, 0.2) is 36.4 Å². The molecule has 0 aliphatic carbocycles. The number of rotatable bonds is 6. The zero-order chi connectivity index (χ0) is 17.0. The number of carboxylic acids is 2. The summed E-state index contributed by atoms with van der Waals surface area (Å²) in [5.41, 5.74) is 1.40. The fourth-order valence-corrected chi connectivity index (χ4v) is 2.52. The van der Waals surface area contributed by atoms with E-state index in [-0.39, 0.29) is 22.6 Å². The standard InChI is InChI=1S/C18H18O5/c1-3-11-7-5-9-13(15(11)17(19)20)23-14-10-6-8-12(4-2)16(14)18(21)22/h5-10H,3-4H2,1-2H3,(H,19,20)(H,21,22). The maximum absolute atomic E-state index is 11.5. The van der Waals surface area contributed by atoms with Gasteiger partial charge in [0.1, 0.15) is 22.6 Å². The molecular weight excluding hydrogens is 296 g/mol. The molecule has 0 heterocycles. The Labute approximate surface area is 134 Å². The van der Waals surface area contributed by atoms with Gasteiger partial charge in [-0.05, 0) is 36.1 Å². The number of hydrogen-bond donors (Lipinski definition) is 2. The quantitative estimate of drug-likeness (QED) is 0.842. The molecule has 0 spiro atoms. The molecule has 120 valence electrons. The van der Waals surface area contributed by atoms with Crippen molar-refractivity contribution in [2.24, 2.45) is 0 Å². The molecule has 0 atom stereocenters. The summed E-state index contributed by atoms with van der Waals surface area (Å²) < 4.78 is 5.69. The topological polar surface area (TPSA) is 83.8 Å². The first-order valence-corrected chi connectivity index (χ1v) is 7.37. The molecule has 2 N–H and O–H groups in total. The first-order valence-electron chi connectivity index (χ1n) is 7.37. The van der Waals surface area contributed by atoms with Crippen LogP contribution >= 0.6 is 0 Å². The van der Waals surface area contributed by atoms with Gasteiger partial charge in [0.25, 0.3) is 0 Å². The Hall–Kier alpha value is -2.82. The summed E-state index contributed by atoms with van der Waals surface area (Å²) in [7, 11) is 0. The van der Waals surface area contributed by atoms with E-state index in [1.54, 1.807) is 24.3 Å². The fourth-order valence-electron chi connectivity index (χ4n) is 2.52. The van der Waals surface area contributed by atoms with Crippen molar-refractivity contribution < 1.29 is 24.5 Å². The third-order valence-corrected chi connectivity index (χ3v) is 3.63. The Morgan fingerprint density at radius 2 is 1.22 bits per heavy atom. The van der Waals surface area contributed by atoms with Crippen molar-refractivity contribution in [1.82, 2.24) is 0 Å². The van der Waals surface area contributed by atoms with Crippen molar-refractivity contribution in [2.45, 2.75) is 26.7 Å². The number of carbonyl (C=O) groups is 2. The molecule has 2 aromatic rings. The lowest BCUT2D eigenvalue weighted by Crippen LogP contribution is -2.08. The normalized spacial score (nSPS) is 10.3. The summed E-state index contributed by atoms with van der Waals surface area (Å²) in [4.78, 5) is 23.1. The van der Waals surface area contributed by atoms with Gasteiger partial charge in [-0.25, -0.2) is 9.59 Å². The van der Waals surface area contributed by atoms with E-state index in [4.69, 9.17) is 4.74 Å². The first-order chi connectivity index (χ1) is 11.0. The predicted molar refractivity (Wildman–Crippen MR) is 85.6 cm³/mol. The minimum Gasteiger partial charge on any atom is -0.478 e. The average molecular weight is 314 g/mol. The van der Waals surface area contributed by atoms with Gasteiger partial charge in [-0.2, -0.15) is 0 Å². The minimum atomic E-state index is -1.10. The van der Waals surface area contributed by atoms with E-state index in [1.165, 1.54) is 12.1 Å². The van der Waals surface area contributed by atoms with Crippen LogP contribution in [0.25, 0.3) is 0 Å². The zero-order valence-corrected chi connectivity index (χ0v) is 13.0. The SMILES string of the molecule is CCc1cccc(Oc2cccc(CC)c2C(=O)O)c1C(=O)O. The molecule has 0 saturated carbocycles. The van der Waals surface area contributed by atoms with Gasteiger partial charge in [-0.15, -0.1) is 0 Å². The summed E-state index contributed by atoms with van der Waals surface area (Å²) in [5, 5.41) is 18.9. The van der Waals surface area contributed by atoms with Crippen molar-refractivity contribution in [3.8, 4) is 11.5 Å². The summed E-state index contributed by atoms with van der Waals surface area (Å²) in [6.45, 7) is 3.71. The largest absolute Gasteiger partial charge is 0.478 e. The van der Waals surface area contributed by atoms with Crippen LogP contribution in [0, 0.1) is 0 Å². The van der Waals surface area contributed by atoms with Crippen LogP contribution in [0.1, 0.15) is 45.7 Å². The molecule has 5 nitrogen and oxygen atoms in total. The number of aryl methyl sites for hydroxylation is 2. The lowest BCUT2D eigenvalue weighted by atomic mass is 10.0. The van der Waals surface area contributed by atoms with E-state index in [9.17, 15) is 19.8 Å². The highest BCUT2D eigenvalue weighted by molar-refractivity contribution is 5.94. The molecule has 0 fully saturated rings. The number of carboxylic acid groups (broad SMARTS) is 2. The molecule has 0 bridgehead atoms. The molecule has 0 aliphatic rings. The molecule has 0 aliphatic heterocycles. The van der Waals surface area contributed by atoms with Crippen molar-refractivity contribution in [1.29, 1.82) is 0 Å². The third-order valence-electron chi connectivity index (χ3n) is 3.63. The maximum Gasteiger partial charge on any atom is 0.339 e. The molecule has 0 radical (unpaired) electrons. The Bertz CT molecular complexity index is 686. The second kappa shape index (κ2) is 6.96. The molecule has 0 saturated heterocycles. The molecular formula is C18H18O5. The van der Waals surface area contributed by atoms with Crippen LogP contribution in [0.2, 0.25) is 0 Å². The van der Waals surface area contributed by atoms with Gasteiger partial charge in [0.2, 0.25) is 0 Å². The van der Waals surface area contributed by atoms with Crippen LogP contribution in [0.3, 0.4) is 0 Å². The average Bonchev–Trinajstić information content (AvgIpc) is 2.53. The number of benzene rings is 2. The highest BCUT2D eigenvalue weighted by Gasteiger charge is 2.20. The van der Waals surface area contributed by atoms with E-state index in [0.29, 0.717) is 24.0 Å². The molecule has 23 heavy (non-hydrogen) atoms. The second-order valence-corrected chi connectivity index (χ2v) is 5.00. The summed E-state index contributed by atoms with van der Waals surface area (Å²) in [6.07, 6.45) is 1.08. The highest BCUT2D eigenvalue weighted by atomic mass is 16.5. The Morgan fingerprint density at radius 3 is 1.52 bits per heavy atom. The Morgan fingerprint density at radius 1 is 0.826 bits per heavy atom. The first kappa shape index (κ1) is 16.5. The van der Waals surface area contributed by atoms with Gasteiger partial charge in [-0.3, -0.25) is 0 Å². The van der Waals surface area contributed by atoms with Crippen LogP contribution < -0.4 is 4.74 Å². The van der Waals surface area contributed by atoms with Crippen LogP contribution in [-0.4, -0.2) is 22.2 Å². The molecule has 5 heteroatoms. The lowest BCUT2D eigenvalue weighted by Gasteiger charge is -2.15. The van der Waals surface area contributed by atoms with E-state index in [2.05, 4.69) is 0 Å². The summed E-state index contributed by atoms with van der Waals surface area (Å²) in [5.74, 6) is -1.90. The van der Waals surface area contributed by atoms with Gasteiger partial charge in [0.15, 0.2) is 0 Å². The van der Waals surface area contributed by atoms with E-state index < -0.39 is 11.9 Å². The monoisotopic (exact) mass is 314 g/mol. The van der Waals surface area contributed by atoms with E-state index in [0.717, 1.165) is 0 Å². The predicted octanol–water partition coefficient (Wildman–Crippen LogP) is 4.00. The Kier molecular flexibility index (Phi) is 5.01. The fraction of sp³-hybridized carbons (Fsp3) is 0.222. The highest BCUT2D eigenvalue weighted by Crippen LogP contribution is 2.32. The summed E-state index contributed by atoms with van der Waals surface area (Å²) >= 11 is 0. The van der Waals surface area contributed by atoms with Crippen molar-refractivity contribution in [3.63, 3.8) is 0 Å². The molecule has 0 amide bonds. The van der Waals surface area contributed by atoms with Crippen molar-refractivity contribution >= 4 is 11.9 Å². The Balaban J connectivity index is 2.57. The lowest BCUT2D eigenvalue weighted by molar-refractivity contribution is 0.0686. The van der Waals surface area contributed by atoms with Crippen molar-refractivity contribution in [2.75, 3.05) is 0 Å². The van der Waals surface area contributed by atoms with Gasteiger partial charge < -0.3 is 14.9 Å². The van der Waals surface area contributed by atoms with Gasteiger partial charge in [0, 0.05) is 0 Å². The van der Waals surface area contributed by atoms with E-state index in [1.807, 2.05) is 13.8 Å². The number of aromatic carboxylic acids is 2. The number of ether oxygens (including phenoxy) is 1. The maximum atomic E-state index is 11.5. The minimum absolute atomic E-state index is 0.0632. The second-order valence-electron chi connectivity index (χ2n) is 5.00. The van der Waals surface area contributed by atoms with E-state index >= 15 is 0 Å². The van der Waals surface area contributed by atoms with Crippen LogP contribution in [0.5, 0.6) is 11.5 Å². The van der Waals surface area contributed by atoms with Gasteiger partial charge in [-0.1, -0.05) is 38.1 Å². The molecule has 0 aromatic heterocycles. The molecule has 2 aromatic carbocycles. The third kappa shape index (κ3) is 3.34. The van der Waals surface area contributed by atoms with Crippen LogP contribution in [0.4, 0.5) is 0 Å². The molecule has 2 rings (SSSR count). The summed E-state index contributed by atoms with van der Waals surface area (Å²) in [6, 6.07) is 9.91. The van der Waals surface area contributed by atoms with Crippen molar-refractivity contribution in [3.05, 3.63) is 58.7 Å².